The Morgan fingerprint density at radius 2 is 1.75 bits per heavy atom. The normalized spacial score (nSPS) is 15.1. The van der Waals surface area contributed by atoms with Gasteiger partial charge in [0.2, 0.25) is 10.0 Å². The first kappa shape index (κ1) is 28.2. The van der Waals surface area contributed by atoms with Crippen molar-refractivity contribution in [1.29, 1.82) is 0 Å². The molecule has 36 heavy (non-hydrogen) atoms. The molecule has 0 spiro atoms. The topological polar surface area (TPSA) is 143 Å². The molecule has 3 rings (SSSR count). The van der Waals surface area contributed by atoms with Gasteiger partial charge in [-0.25, -0.2) is 8.42 Å². The second-order valence-corrected chi connectivity index (χ2v) is 12.5. The third-order valence-corrected chi connectivity index (χ3v) is 8.54. The molecule has 1 aromatic heterocycles. The van der Waals surface area contributed by atoms with Gasteiger partial charge in [-0.1, -0.05) is 15.9 Å². The summed E-state index contributed by atoms with van der Waals surface area (Å²) in [6, 6.07) is 6.09. The Bertz CT molecular complexity index is 1290. The van der Waals surface area contributed by atoms with Crippen LogP contribution >= 0.6 is 15.9 Å². The van der Waals surface area contributed by atoms with Crippen molar-refractivity contribution in [3.63, 3.8) is 0 Å². The fourth-order valence-electron chi connectivity index (χ4n) is 4.05. The van der Waals surface area contributed by atoms with Crippen LogP contribution in [0.4, 0.5) is 17.1 Å². The van der Waals surface area contributed by atoms with E-state index in [4.69, 9.17) is 4.18 Å². The second kappa shape index (κ2) is 11.8. The number of piperazine rings is 1. The maximum absolute atomic E-state index is 13.8. The number of rotatable bonds is 11. The van der Waals surface area contributed by atoms with E-state index < -0.39 is 25.1 Å². The molecule has 1 aromatic carbocycles. The summed E-state index contributed by atoms with van der Waals surface area (Å²) in [6.07, 6.45) is 4.27. The minimum atomic E-state index is -4.12. The van der Waals surface area contributed by atoms with Crippen LogP contribution in [0.3, 0.4) is 0 Å². The lowest BCUT2D eigenvalue weighted by molar-refractivity contribution is -0.385. The van der Waals surface area contributed by atoms with E-state index in [1.807, 2.05) is 17.0 Å². The van der Waals surface area contributed by atoms with E-state index in [-0.39, 0.29) is 42.5 Å². The number of sulfonamides is 1. The van der Waals surface area contributed by atoms with Crippen LogP contribution in [0.15, 0.2) is 41.6 Å². The zero-order valence-corrected chi connectivity index (χ0v) is 23.1. The van der Waals surface area contributed by atoms with E-state index in [9.17, 15) is 26.9 Å². The van der Waals surface area contributed by atoms with E-state index in [1.54, 1.807) is 24.2 Å². The molecule has 198 valence electrons. The number of hydrogen-bond donors (Lipinski definition) is 0. The molecule has 1 saturated heterocycles. The SMILES string of the molecule is Cc1cc([N+](=O)[O-])cc(S(=O)(=O)N2CCN(c3ccncc3)CC2)c1N(CCBr)CCOS(C)(=O)=O. The predicted octanol–water partition coefficient (Wildman–Crippen LogP) is 1.99. The molecular weight excluding hydrogens is 578 g/mol. The fourth-order valence-corrected chi connectivity index (χ4v) is 6.58. The number of benzene rings is 1. The number of nitro benzene ring substituents is 1. The molecule has 1 aliphatic heterocycles. The van der Waals surface area contributed by atoms with Gasteiger partial charge in [-0.05, 0) is 24.6 Å². The van der Waals surface area contributed by atoms with Gasteiger partial charge in [0, 0.05) is 74.8 Å². The second-order valence-electron chi connectivity index (χ2n) is 8.17. The number of alkyl halides is 1. The molecule has 0 bridgehead atoms. The molecule has 2 aromatic rings. The average molecular weight is 607 g/mol. The van der Waals surface area contributed by atoms with Crippen molar-refractivity contribution in [3.8, 4) is 0 Å². The Morgan fingerprint density at radius 1 is 1.11 bits per heavy atom. The minimum Gasteiger partial charge on any atom is -0.369 e. The maximum Gasteiger partial charge on any atom is 0.271 e. The zero-order chi connectivity index (χ0) is 26.5. The van der Waals surface area contributed by atoms with Crippen LogP contribution in [0.2, 0.25) is 0 Å². The molecule has 0 N–H and O–H groups in total. The fraction of sp³-hybridized carbons (Fsp3) is 0.476. The number of nitro groups is 1. The van der Waals surface area contributed by atoms with Gasteiger partial charge >= 0.3 is 0 Å². The predicted molar refractivity (Wildman–Crippen MR) is 140 cm³/mol. The van der Waals surface area contributed by atoms with Crippen molar-refractivity contribution in [1.82, 2.24) is 9.29 Å². The van der Waals surface area contributed by atoms with Crippen LogP contribution in [-0.2, 0) is 24.3 Å². The van der Waals surface area contributed by atoms with Gasteiger partial charge in [0.25, 0.3) is 15.8 Å². The molecule has 0 unspecified atom stereocenters. The first-order valence-corrected chi connectivity index (χ1v) is 15.4. The summed E-state index contributed by atoms with van der Waals surface area (Å²) in [6.45, 7) is 3.07. The lowest BCUT2D eigenvalue weighted by Crippen LogP contribution is -2.49. The largest absolute Gasteiger partial charge is 0.369 e. The Labute approximate surface area is 219 Å². The van der Waals surface area contributed by atoms with Crippen molar-refractivity contribution >= 4 is 53.1 Å². The van der Waals surface area contributed by atoms with Gasteiger partial charge in [-0.3, -0.25) is 19.3 Å². The molecule has 2 heterocycles. The number of halogens is 1. The van der Waals surface area contributed by atoms with Gasteiger partial charge in [0.1, 0.15) is 4.90 Å². The average Bonchev–Trinajstić information content (AvgIpc) is 2.83. The lowest BCUT2D eigenvalue weighted by atomic mass is 10.1. The van der Waals surface area contributed by atoms with Gasteiger partial charge < -0.3 is 9.80 Å². The van der Waals surface area contributed by atoms with E-state index in [0.717, 1.165) is 18.0 Å². The summed E-state index contributed by atoms with van der Waals surface area (Å²) >= 11 is 3.34. The van der Waals surface area contributed by atoms with Crippen LogP contribution in [0.25, 0.3) is 0 Å². The van der Waals surface area contributed by atoms with E-state index in [0.29, 0.717) is 30.5 Å². The lowest BCUT2D eigenvalue weighted by Gasteiger charge is -2.36. The van der Waals surface area contributed by atoms with Gasteiger partial charge in [0.15, 0.2) is 0 Å². The summed E-state index contributed by atoms with van der Waals surface area (Å²) in [5.74, 6) is 0. The standard InChI is InChI=1S/C21H28BrN5O7S2/c1-17-15-19(27(28)29)16-20(21(17)25(8-5-22)13-14-34-35(2,30)31)36(32,33)26-11-9-24(10-12-26)18-3-6-23-7-4-18/h3-4,6-7,15-16H,5,8-14H2,1-2H3. The highest BCUT2D eigenvalue weighted by Crippen LogP contribution is 2.36. The summed E-state index contributed by atoms with van der Waals surface area (Å²) < 4.78 is 56.7. The molecule has 0 aliphatic carbocycles. The zero-order valence-electron chi connectivity index (χ0n) is 19.9. The molecule has 15 heteroatoms. The quantitative estimate of drug-likeness (QED) is 0.161. The number of aryl methyl sites for hydroxylation is 1. The summed E-state index contributed by atoms with van der Waals surface area (Å²) in [7, 11) is -7.81. The van der Waals surface area contributed by atoms with Crippen LogP contribution in [0, 0.1) is 17.0 Å². The van der Waals surface area contributed by atoms with Gasteiger partial charge in [-0.2, -0.15) is 12.7 Å². The molecule has 0 atom stereocenters. The minimum absolute atomic E-state index is 0.0651. The van der Waals surface area contributed by atoms with E-state index in [2.05, 4.69) is 20.9 Å². The van der Waals surface area contributed by atoms with Gasteiger partial charge in [-0.15, -0.1) is 0 Å². The van der Waals surface area contributed by atoms with Crippen molar-refractivity contribution in [2.75, 3.05) is 67.3 Å². The molecule has 1 fully saturated rings. The Kier molecular flexibility index (Phi) is 9.27. The van der Waals surface area contributed by atoms with Crippen molar-refractivity contribution in [2.45, 2.75) is 11.8 Å². The first-order chi connectivity index (χ1) is 16.9. The number of nitrogens with zero attached hydrogens (tertiary/aromatic N) is 5. The van der Waals surface area contributed by atoms with E-state index in [1.165, 1.54) is 10.4 Å². The third kappa shape index (κ3) is 6.91. The Morgan fingerprint density at radius 3 is 2.31 bits per heavy atom. The highest BCUT2D eigenvalue weighted by molar-refractivity contribution is 9.09. The van der Waals surface area contributed by atoms with Crippen molar-refractivity contribution < 1.29 is 25.9 Å². The molecule has 1 aliphatic rings. The number of non-ortho nitro benzene ring substituents is 1. The third-order valence-electron chi connectivity index (χ3n) is 5.67. The number of hydrogen-bond acceptors (Lipinski definition) is 10. The molecule has 0 amide bonds. The highest BCUT2D eigenvalue weighted by atomic mass is 79.9. The summed E-state index contributed by atoms with van der Waals surface area (Å²) in [4.78, 5) is 18.5. The first-order valence-electron chi connectivity index (χ1n) is 11.0. The van der Waals surface area contributed by atoms with E-state index >= 15 is 0 Å². The van der Waals surface area contributed by atoms with Crippen LogP contribution < -0.4 is 9.80 Å². The maximum atomic E-state index is 13.8. The molecule has 12 nitrogen and oxygen atoms in total. The Hall–Kier alpha value is -2.33. The molecular formula is C21H28BrN5O7S2. The summed E-state index contributed by atoms with van der Waals surface area (Å²) in [5.41, 5.74) is 1.27. The van der Waals surface area contributed by atoms with Crippen molar-refractivity contribution in [2.24, 2.45) is 0 Å². The van der Waals surface area contributed by atoms with Crippen LogP contribution in [0.1, 0.15) is 5.56 Å². The van der Waals surface area contributed by atoms with Crippen LogP contribution in [0.5, 0.6) is 0 Å². The van der Waals surface area contributed by atoms with Crippen molar-refractivity contribution in [3.05, 3.63) is 52.3 Å². The Balaban J connectivity index is 1.96. The molecule has 0 saturated carbocycles. The number of aromatic nitrogens is 1. The van der Waals surface area contributed by atoms with Crippen LogP contribution in [-0.4, -0.2) is 88.5 Å². The molecule has 0 radical (unpaired) electrons. The number of anilines is 2. The summed E-state index contributed by atoms with van der Waals surface area (Å²) in [5, 5.41) is 12.0. The number of pyridine rings is 1. The monoisotopic (exact) mass is 605 g/mol. The van der Waals surface area contributed by atoms with Gasteiger partial charge in [0.05, 0.1) is 23.5 Å². The smallest absolute Gasteiger partial charge is 0.271 e. The highest BCUT2D eigenvalue weighted by Gasteiger charge is 2.34.